The Morgan fingerprint density at radius 3 is 2.60 bits per heavy atom. The van der Waals surface area contributed by atoms with Gasteiger partial charge in [0.25, 0.3) is 5.91 Å². The first kappa shape index (κ1) is 16.7. The van der Waals surface area contributed by atoms with Crippen LogP contribution in [0.2, 0.25) is 0 Å². The number of aromatic nitrogens is 1. The number of hydrogen-bond donors (Lipinski definition) is 4. The predicted octanol–water partition coefficient (Wildman–Crippen LogP) is 2.29. The van der Waals surface area contributed by atoms with Crippen LogP contribution in [0.1, 0.15) is 16.1 Å². The Balaban J connectivity index is 1.93. The number of nitrogens with two attached hydrogens (primary N) is 1. The maximum Gasteiger partial charge on any atom is 0.322 e. The highest BCUT2D eigenvalue weighted by Crippen LogP contribution is 2.31. The van der Waals surface area contributed by atoms with Crippen molar-refractivity contribution in [1.82, 2.24) is 10.3 Å². The number of carbonyl (C=O) groups excluding carboxylic acids is 1. The van der Waals surface area contributed by atoms with Crippen molar-refractivity contribution in [2.24, 2.45) is 5.73 Å². The average molecular weight is 337 g/mol. The first-order valence-electron chi connectivity index (χ1n) is 7.91. The van der Waals surface area contributed by atoms with Gasteiger partial charge in [0.2, 0.25) is 0 Å². The van der Waals surface area contributed by atoms with Gasteiger partial charge in [-0.15, -0.1) is 0 Å². The van der Waals surface area contributed by atoms with E-state index in [9.17, 15) is 9.59 Å². The van der Waals surface area contributed by atoms with E-state index in [0.717, 1.165) is 27.6 Å². The summed E-state index contributed by atoms with van der Waals surface area (Å²) in [4.78, 5) is 26.1. The molecule has 1 unspecified atom stereocenters. The summed E-state index contributed by atoms with van der Waals surface area (Å²) in [5.41, 5.74) is 9.91. The lowest BCUT2D eigenvalue weighted by Gasteiger charge is -2.07. The van der Waals surface area contributed by atoms with Gasteiger partial charge in [0.1, 0.15) is 11.7 Å². The minimum atomic E-state index is -1.15. The molecule has 0 radical (unpaired) electrons. The summed E-state index contributed by atoms with van der Waals surface area (Å²) in [5.74, 6) is -1.54. The Morgan fingerprint density at radius 2 is 1.88 bits per heavy atom. The number of amides is 1. The van der Waals surface area contributed by atoms with Crippen LogP contribution in [-0.4, -0.2) is 34.6 Å². The van der Waals surface area contributed by atoms with E-state index in [2.05, 4.69) is 10.3 Å². The highest BCUT2D eigenvalue weighted by atomic mass is 16.4. The van der Waals surface area contributed by atoms with E-state index in [4.69, 9.17) is 10.8 Å². The first-order chi connectivity index (χ1) is 12.0. The second-order valence-corrected chi connectivity index (χ2v) is 5.92. The maximum atomic E-state index is 12.3. The second-order valence-electron chi connectivity index (χ2n) is 5.92. The molecule has 6 heteroatoms. The Kier molecular flexibility index (Phi) is 4.54. The molecule has 2 aromatic carbocycles. The molecule has 1 heterocycles. The number of rotatable bonds is 5. The van der Waals surface area contributed by atoms with Crippen LogP contribution in [0, 0.1) is 6.92 Å². The lowest BCUT2D eigenvalue weighted by Crippen LogP contribution is -2.42. The molecule has 6 nitrogen and oxygen atoms in total. The van der Waals surface area contributed by atoms with Crippen molar-refractivity contribution in [1.29, 1.82) is 0 Å². The lowest BCUT2D eigenvalue weighted by molar-refractivity contribution is -0.138. The van der Waals surface area contributed by atoms with Gasteiger partial charge in [-0.3, -0.25) is 9.59 Å². The third-order valence-corrected chi connectivity index (χ3v) is 4.14. The number of aromatic amines is 1. The molecule has 1 atom stereocenters. The molecule has 1 aromatic heterocycles. The zero-order chi connectivity index (χ0) is 18.0. The second kappa shape index (κ2) is 6.78. The van der Waals surface area contributed by atoms with Crippen molar-refractivity contribution in [3.8, 4) is 11.1 Å². The lowest BCUT2D eigenvalue weighted by atomic mass is 9.98. The number of aliphatic carboxylic acids is 1. The van der Waals surface area contributed by atoms with Gasteiger partial charge in [0, 0.05) is 17.4 Å². The van der Waals surface area contributed by atoms with E-state index < -0.39 is 12.0 Å². The van der Waals surface area contributed by atoms with Crippen molar-refractivity contribution in [3.05, 3.63) is 59.8 Å². The molecule has 3 rings (SSSR count). The highest BCUT2D eigenvalue weighted by Gasteiger charge is 2.16. The summed E-state index contributed by atoms with van der Waals surface area (Å²) in [7, 11) is 0. The molecule has 0 aliphatic heterocycles. The van der Waals surface area contributed by atoms with Crippen LogP contribution in [-0.2, 0) is 4.79 Å². The third-order valence-electron chi connectivity index (χ3n) is 4.14. The van der Waals surface area contributed by atoms with Crippen LogP contribution in [0.15, 0.2) is 48.5 Å². The topological polar surface area (TPSA) is 108 Å². The van der Waals surface area contributed by atoms with E-state index in [-0.39, 0.29) is 12.5 Å². The fraction of sp³-hybridized carbons (Fsp3) is 0.158. The van der Waals surface area contributed by atoms with E-state index in [1.165, 1.54) is 0 Å². The zero-order valence-electron chi connectivity index (χ0n) is 13.7. The predicted molar refractivity (Wildman–Crippen MR) is 96.4 cm³/mol. The van der Waals surface area contributed by atoms with Gasteiger partial charge in [-0.2, -0.15) is 0 Å². The van der Waals surface area contributed by atoms with Crippen LogP contribution in [0.4, 0.5) is 0 Å². The summed E-state index contributed by atoms with van der Waals surface area (Å²) in [6, 6.07) is 14.6. The largest absolute Gasteiger partial charge is 0.480 e. The molecule has 1 amide bonds. The molecule has 3 aromatic rings. The van der Waals surface area contributed by atoms with E-state index in [0.29, 0.717) is 5.69 Å². The van der Waals surface area contributed by atoms with Crippen LogP contribution in [0.5, 0.6) is 0 Å². The Bertz CT molecular complexity index is 946. The number of carboxylic acid groups (broad SMARTS) is 1. The normalized spacial score (nSPS) is 12.1. The van der Waals surface area contributed by atoms with Gasteiger partial charge >= 0.3 is 5.97 Å². The number of fused-ring (bicyclic) bond motifs is 1. The summed E-state index contributed by atoms with van der Waals surface area (Å²) in [5, 5.41) is 12.3. The Labute approximate surface area is 144 Å². The first-order valence-corrected chi connectivity index (χ1v) is 7.91. The van der Waals surface area contributed by atoms with Crippen molar-refractivity contribution in [2.45, 2.75) is 13.0 Å². The number of carboxylic acids is 1. The van der Waals surface area contributed by atoms with Crippen LogP contribution in [0.25, 0.3) is 22.0 Å². The van der Waals surface area contributed by atoms with Gasteiger partial charge < -0.3 is 21.1 Å². The molecule has 5 N–H and O–H groups in total. The highest BCUT2D eigenvalue weighted by molar-refractivity contribution is 6.03. The molecular weight excluding hydrogens is 318 g/mol. The Hall–Kier alpha value is -3.12. The fourth-order valence-corrected chi connectivity index (χ4v) is 2.77. The van der Waals surface area contributed by atoms with Gasteiger partial charge in [0.05, 0.1) is 0 Å². The number of aryl methyl sites for hydroxylation is 1. The standard InChI is InChI=1S/C19H19N3O3/c1-11-5-2-3-6-12(11)13-7-4-8-16-14(13)9-17(22-16)18(23)21-10-15(20)19(24)25/h2-9,15,22H,10,20H2,1H3,(H,21,23)(H,24,25). The third kappa shape index (κ3) is 3.39. The number of hydrogen-bond acceptors (Lipinski definition) is 3. The summed E-state index contributed by atoms with van der Waals surface area (Å²) in [6.45, 7) is 1.91. The van der Waals surface area contributed by atoms with Gasteiger partial charge in [0.15, 0.2) is 0 Å². The molecule has 0 spiro atoms. The molecule has 128 valence electrons. The summed E-state index contributed by atoms with van der Waals surface area (Å²) >= 11 is 0. The van der Waals surface area contributed by atoms with Crippen LogP contribution < -0.4 is 11.1 Å². The van der Waals surface area contributed by atoms with E-state index in [1.54, 1.807) is 6.07 Å². The van der Waals surface area contributed by atoms with Crippen LogP contribution in [0.3, 0.4) is 0 Å². The van der Waals surface area contributed by atoms with Crippen molar-refractivity contribution in [3.63, 3.8) is 0 Å². The SMILES string of the molecule is Cc1ccccc1-c1cccc2[nH]c(C(=O)NCC(N)C(=O)O)cc12. The fourth-order valence-electron chi connectivity index (χ4n) is 2.77. The van der Waals surface area contributed by atoms with Crippen LogP contribution >= 0.6 is 0 Å². The molecule has 0 fully saturated rings. The number of nitrogens with one attached hydrogen (secondary N) is 2. The Morgan fingerprint density at radius 1 is 1.16 bits per heavy atom. The number of benzene rings is 2. The smallest absolute Gasteiger partial charge is 0.322 e. The summed E-state index contributed by atoms with van der Waals surface area (Å²) in [6.07, 6.45) is 0. The number of carbonyl (C=O) groups is 2. The quantitative estimate of drug-likeness (QED) is 0.573. The molecule has 0 bridgehead atoms. The average Bonchev–Trinajstić information content (AvgIpc) is 3.04. The number of H-pyrrole nitrogens is 1. The van der Waals surface area contributed by atoms with Crippen molar-refractivity contribution < 1.29 is 14.7 Å². The summed E-state index contributed by atoms with van der Waals surface area (Å²) < 4.78 is 0. The molecule has 0 aliphatic carbocycles. The minimum Gasteiger partial charge on any atom is -0.480 e. The van der Waals surface area contributed by atoms with Gasteiger partial charge in [-0.25, -0.2) is 0 Å². The molecule has 0 saturated heterocycles. The van der Waals surface area contributed by atoms with Gasteiger partial charge in [-0.05, 0) is 35.7 Å². The van der Waals surface area contributed by atoms with E-state index in [1.807, 2.05) is 49.4 Å². The van der Waals surface area contributed by atoms with E-state index >= 15 is 0 Å². The van der Waals surface area contributed by atoms with Gasteiger partial charge in [-0.1, -0.05) is 36.4 Å². The molecular formula is C19H19N3O3. The molecule has 0 saturated carbocycles. The molecule has 25 heavy (non-hydrogen) atoms. The van der Waals surface area contributed by atoms with Crippen molar-refractivity contribution in [2.75, 3.05) is 6.54 Å². The zero-order valence-corrected chi connectivity index (χ0v) is 13.7. The molecule has 0 aliphatic rings. The minimum absolute atomic E-state index is 0.131. The van der Waals surface area contributed by atoms with Crippen molar-refractivity contribution >= 4 is 22.8 Å². The monoisotopic (exact) mass is 337 g/mol. The maximum absolute atomic E-state index is 12.3.